The van der Waals surface area contributed by atoms with E-state index in [1.165, 1.54) is 0 Å². The molecular weight excluding hydrogens is 228 g/mol. The number of aromatic nitrogens is 5. The summed E-state index contributed by atoms with van der Waals surface area (Å²) >= 11 is 0. The molecule has 0 aliphatic rings. The molecule has 0 saturated heterocycles. The second-order valence-corrected chi connectivity index (χ2v) is 3.96. The van der Waals surface area contributed by atoms with E-state index in [0.29, 0.717) is 11.5 Å². The van der Waals surface area contributed by atoms with E-state index < -0.39 is 0 Å². The average molecular weight is 240 g/mol. The quantitative estimate of drug-likeness (QED) is 0.731. The van der Waals surface area contributed by atoms with Gasteiger partial charge in [0.25, 0.3) is 0 Å². The lowest BCUT2D eigenvalue weighted by Gasteiger charge is -1.96. The zero-order chi connectivity index (χ0) is 12.5. The van der Waals surface area contributed by atoms with Crippen molar-refractivity contribution in [1.82, 2.24) is 24.8 Å². The molecule has 0 unspecified atom stereocenters. The highest BCUT2D eigenvalue weighted by Gasteiger charge is 2.09. The number of nitrogens with zero attached hydrogens (tertiary/aromatic N) is 5. The molecule has 6 nitrogen and oxygen atoms in total. The van der Waals surface area contributed by atoms with Gasteiger partial charge < -0.3 is 5.73 Å². The van der Waals surface area contributed by atoms with Gasteiger partial charge in [-0.1, -0.05) is 23.4 Å². The number of hydrogen-bond acceptors (Lipinski definition) is 4. The molecule has 0 aliphatic heterocycles. The molecule has 6 heteroatoms. The van der Waals surface area contributed by atoms with Gasteiger partial charge in [-0.15, -0.1) is 5.10 Å². The lowest BCUT2D eigenvalue weighted by molar-refractivity contribution is 0.779. The first-order chi connectivity index (χ1) is 8.74. The Morgan fingerprint density at radius 2 is 1.89 bits per heavy atom. The Kier molecular flexibility index (Phi) is 2.33. The van der Waals surface area contributed by atoms with Crippen LogP contribution in [-0.2, 0) is 7.05 Å². The maximum atomic E-state index is 5.74. The monoisotopic (exact) mass is 240 g/mol. The van der Waals surface area contributed by atoms with Crippen LogP contribution in [0.15, 0.2) is 42.6 Å². The minimum absolute atomic E-state index is 0.597. The van der Waals surface area contributed by atoms with Crippen LogP contribution >= 0.6 is 0 Å². The van der Waals surface area contributed by atoms with Crippen LogP contribution in [0.5, 0.6) is 0 Å². The SMILES string of the molecule is Cn1nc(-c2cn(-c3ccccc3)nn2)cc1N. The smallest absolute Gasteiger partial charge is 0.133 e. The Morgan fingerprint density at radius 1 is 1.11 bits per heavy atom. The minimum atomic E-state index is 0.597. The minimum Gasteiger partial charge on any atom is -0.384 e. The number of nitrogens with two attached hydrogens (primary N) is 1. The van der Waals surface area contributed by atoms with Crippen molar-refractivity contribution in [3.8, 4) is 17.1 Å². The first-order valence-corrected chi connectivity index (χ1v) is 5.52. The zero-order valence-corrected chi connectivity index (χ0v) is 9.85. The van der Waals surface area contributed by atoms with Gasteiger partial charge in [-0.05, 0) is 12.1 Å². The van der Waals surface area contributed by atoms with Crippen LogP contribution in [0.3, 0.4) is 0 Å². The van der Waals surface area contributed by atoms with E-state index in [1.54, 1.807) is 22.5 Å². The van der Waals surface area contributed by atoms with E-state index in [-0.39, 0.29) is 0 Å². The summed E-state index contributed by atoms with van der Waals surface area (Å²) in [5.41, 5.74) is 8.12. The van der Waals surface area contributed by atoms with Crippen molar-refractivity contribution in [3.63, 3.8) is 0 Å². The Hall–Kier alpha value is -2.63. The first-order valence-electron chi connectivity index (χ1n) is 5.52. The van der Waals surface area contributed by atoms with Gasteiger partial charge in [0.15, 0.2) is 0 Å². The molecule has 0 spiro atoms. The van der Waals surface area contributed by atoms with Gasteiger partial charge >= 0.3 is 0 Å². The van der Waals surface area contributed by atoms with E-state index in [1.807, 2.05) is 36.5 Å². The maximum Gasteiger partial charge on any atom is 0.133 e. The lowest BCUT2D eigenvalue weighted by Crippen LogP contribution is -1.96. The van der Waals surface area contributed by atoms with Gasteiger partial charge in [0.1, 0.15) is 17.2 Å². The Balaban J connectivity index is 1.99. The average Bonchev–Trinajstić information content (AvgIpc) is 2.99. The van der Waals surface area contributed by atoms with Gasteiger partial charge in [0, 0.05) is 13.1 Å². The van der Waals surface area contributed by atoms with Crippen molar-refractivity contribution < 1.29 is 0 Å². The Labute approximate surface area is 104 Å². The fourth-order valence-corrected chi connectivity index (χ4v) is 1.69. The summed E-state index contributed by atoms with van der Waals surface area (Å²) in [6.07, 6.45) is 1.83. The first kappa shape index (κ1) is 10.5. The number of aryl methyl sites for hydroxylation is 1. The molecular formula is C12H12N6. The zero-order valence-electron chi connectivity index (χ0n) is 9.85. The molecule has 0 aliphatic carbocycles. The maximum absolute atomic E-state index is 5.74. The second kappa shape index (κ2) is 3.99. The number of rotatable bonds is 2. The number of hydrogen-bond donors (Lipinski definition) is 1. The van der Waals surface area contributed by atoms with Crippen LogP contribution in [0.2, 0.25) is 0 Å². The van der Waals surface area contributed by atoms with E-state index >= 15 is 0 Å². The molecule has 0 fully saturated rings. The highest BCUT2D eigenvalue weighted by atomic mass is 15.4. The summed E-state index contributed by atoms with van der Waals surface area (Å²) in [4.78, 5) is 0. The topological polar surface area (TPSA) is 74.5 Å². The van der Waals surface area contributed by atoms with Crippen molar-refractivity contribution in [3.05, 3.63) is 42.6 Å². The predicted octanol–water partition coefficient (Wildman–Crippen LogP) is 1.25. The fourth-order valence-electron chi connectivity index (χ4n) is 1.69. The summed E-state index contributed by atoms with van der Waals surface area (Å²) in [7, 11) is 1.79. The van der Waals surface area contributed by atoms with E-state index in [4.69, 9.17) is 5.73 Å². The number of benzene rings is 1. The van der Waals surface area contributed by atoms with Gasteiger partial charge in [-0.3, -0.25) is 4.68 Å². The van der Waals surface area contributed by atoms with Crippen LogP contribution in [-0.4, -0.2) is 24.8 Å². The van der Waals surface area contributed by atoms with Crippen molar-refractivity contribution >= 4 is 5.82 Å². The van der Waals surface area contributed by atoms with E-state index in [9.17, 15) is 0 Å². The summed E-state index contributed by atoms with van der Waals surface area (Å²) in [6, 6.07) is 11.6. The molecule has 3 aromatic rings. The molecule has 18 heavy (non-hydrogen) atoms. The number of anilines is 1. The largest absolute Gasteiger partial charge is 0.384 e. The molecule has 2 aromatic heterocycles. The van der Waals surface area contributed by atoms with Crippen molar-refractivity contribution in [2.75, 3.05) is 5.73 Å². The molecule has 2 heterocycles. The Morgan fingerprint density at radius 3 is 2.56 bits per heavy atom. The van der Waals surface area contributed by atoms with Crippen LogP contribution < -0.4 is 5.73 Å². The normalized spacial score (nSPS) is 10.7. The van der Waals surface area contributed by atoms with Crippen molar-refractivity contribution in [2.24, 2.45) is 7.05 Å². The highest BCUT2D eigenvalue weighted by molar-refractivity contribution is 5.57. The van der Waals surface area contributed by atoms with E-state index in [2.05, 4.69) is 15.4 Å². The van der Waals surface area contributed by atoms with Crippen molar-refractivity contribution in [1.29, 1.82) is 0 Å². The predicted molar refractivity (Wildman–Crippen MR) is 68.0 cm³/mol. The molecule has 3 rings (SSSR count). The summed E-state index contributed by atoms with van der Waals surface area (Å²) in [5.74, 6) is 0.597. The number of para-hydroxylation sites is 1. The van der Waals surface area contributed by atoms with Gasteiger partial charge in [-0.2, -0.15) is 5.10 Å². The van der Waals surface area contributed by atoms with Crippen molar-refractivity contribution in [2.45, 2.75) is 0 Å². The third-order valence-electron chi connectivity index (χ3n) is 2.69. The molecule has 1 aromatic carbocycles. The van der Waals surface area contributed by atoms with Crippen LogP contribution in [0.4, 0.5) is 5.82 Å². The Bertz CT molecular complexity index is 647. The number of nitrogen functional groups attached to an aromatic ring is 1. The molecule has 0 saturated carbocycles. The van der Waals surface area contributed by atoms with Crippen LogP contribution in [0.25, 0.3) is 17.1 Å². The van der Waals surface area contributed by atoms with Gasteiger partial charge in [0.05, 0.1) is 11.9 Å². The molecule has 0 atom stereocenters. The summed E-state index contributed by atoms with van der Waals surface area (Å²) in [5, 5.41) is 12.4. The molecule has 0 radical (unpaired) electrons. The van der Waals surface area contributed by atoms with E-state index in [0.717, 1.165) is 11.4 Å². The molecule has 0 amide bonds. The summed E-state index contributed by atoms with van der Waals surface area (Å²) in [6.45, 7) is 0. The third-order valence-corrected chi connectivity index (χ3v) is 2.69. The fraction of sp³-hybridized carbons (Fsp3) is 0.0833. The van der Waals surface area contributed by atoms with Gasteiger partial charge in [0.2, 0.25) is 0 Å². The van der Waals surface area contributed by atoms with Crippen LogP contribution in [0.1, 0.15) is 0 Å². The van der Waals surface area contributed by atoms with Gasteiger partial charge in [-0.25, -0.2) is 4.68 Å². The summed E-state index contributed by atoms with van der Waals surface area (Å²) < 4.78 is 3.32. The molecule has 0 bridgehead atoms. The molecule has 2 N–H and O–H groups in total. The molecule has 90 valence electrons. The van der Waals surface area contributed by atoms with Crippen LogP contribution in [0, 0.1) is 0 Å². The highest BCUT2D eigenvalue weighted by Crippen LogP contribution is 2.18. The third kappa shape index (κ3) is 1.73. The standard InChI is InChI=1S/C12H12N6/c1-17-12(13)7-10(15-17)11-8-18(16-14-11)9-5-3-2-4-6-9/h2-8H,13H2,1H3. The second-order valence-electron chi connectivity index (χ2n) is 3.96. The lowest BCUT2D eigenvalue weighted by atomic mass is 10.3.